The molecule has 0 N–H and O–H groups in total. The third-order valence-electron chi connectivity index (χ3n) is 1.96. The van der Waals surface area contributed by atoms with Gasteiger partial charge in [0.05, 0.1) is 19.8 Å². The van der Waals surface area contributed by atoms with Crippen molar-refractivity contribution < 1.29 is 23.9 Å². The van der Waals surface area contributed by atoms with Crippen molar-refractivity contribution in [2.24, 2.45) is 0 Å². The van der Waals surface area contributed by atoms with E-state index >= 15 is 0 Å². The van der Waals surface area contributed by atoms with E-state index in [9.17, 15) is 14.4 Å². The first-order chi connectivity index (χ1) is 8.97. The highest BCUT2D eigenvalue weighted by Crippen LogP contribution is 2.04. The second kappa shape index (κ2) is 8.75. The molecule has 0 spiro atoms. The minimum Gasteiger partial charge on any atom is -0.462 e. The molecule has 6 nitrogen and oxygen atoms in total. The van der Waals surface area contributed by atoms with E-state index in [-0.39, 0.29) is 19.8 Å². The molecular weight excluding hydrogens is 250 g/mol. The molecule has 0 unspecified atom stereocenters. The van der Waals surface area contributed by atoms with Crippen molar-refractivity contribution in [1.29, 1.82) is 0 Å². The van der Waals surface area contributed by atoms with Crippen LogP contribution in [0.2, 0.25) is 0 Å². The number of carbonyl (C=O) groups excluding carboxylic acids is 3. The van der Waals surface area contributed by atoms with Crippen LogP contribution in [0.1, 0.15) is 13.8 Å². The maximum atomic E-state index is 11.7. The third-order valence-corrected chi connectivity index (χ3v) is 1.96. The first-order valence-corrected chi connectivity index (χ1v) is 5.72. The molecule has 0 saturated heterocycles. The monoisotopic (exact) mass is 267 g/mol. The van der Waals surface area contributed by atoms with E-state index in [0.717, 1.165) is 6.08 Å². The maximum Gasteiger partial charge on any atom is 0.345 e. The number of ether oxygens (including phenoxy) is 2. The van der Waals surface area contributed by atoms with E-state index in [1.807, 2.05) is 0 Å². The zero-order chi connectivity index (χ0) is 14.8. The SMILES string of the molecule is C#CCN(C)C(=O)C=C(C(=O)OCC)C(=O)OCC. The van der Waals surface area contributed by atoms with Crippen LogP contribution in [-0.4, -0.2) is 49.6 Å². The van der Waals surface area contributed by atoms with Gasteiger partial charge in [-0.3, -0.25) is 4.79 Å². The Hall–Kier alpha value is -2.29. The number of nitrogens with zero attached hydrogens (tertiary/aromatic N) is 1. The van der Waals surface area contributed by atoms with Crippen LogP contribution >= 0.6 is 0 Å². The van der Waals surface area contributed by atoms with Gasteiger partial charge >= 0.3 is 11.9 Å². The number of carbonyl (C=O) groups is 3. The quantitative estimate of drug-likeness (QED) is 0.225. The third kappa shape index (κ3) is 5.73. The summed E-state index contributed by atoms with van der Waals surface area (Å²) >= 11 is 0. The lowest BCUT2D eigenvalue weighted by molar-refractivity contribution is -0.147. The zero-order valence-electron chi connectivity index (χ0n) is 11.3. The molecule has 104 valence electrons. The van der Waals surface area contributed by atoms with Crippen LogP contribution in [0.25, 0.3) is 0 Å². The molecule has 0 aromatic carbocycles. The lowest BCUT2D eigenvalue weighted by atomic mass is 10.2. The lowest BCUT2D eigenvalue weighted by Gasteiger charge is -2.12. The van der Waals surface area contributed by atoms with E-state index in [2.05, 4.69) is 5.92 Å². The average Bonchev–Trinajstić information content (AvgIpc) is 2.36. The predicted molar refractivity (Wildman–Crippen MR) is 67.8 cm³/mol. The molecule has 0 aliphatic heterocycles. The summed E-state index contributed by atoms with van der Waals surface area (Å²) in [4.78, 5) is 36.0. The van der Waals surface area contributed by atoms with Crippen molar-refractivity contribution in [1.82, 2.24) is 4.90 Å². The highest BCUT2D eigenvalue weighted by Gasteiger charge is 2.23. The fourth-order valence-corrected chi connectivity index (χ4v) is 1.07. The molecule has 0 aliphatic rings. The van der Waals surface area contributed by atoms with Gasteiger partial charge in [-0.1, -0.05) is 5.92 Å². The van der Waals surface area contributed by atoms with Crippen LogP contribution < -0.4 is 0 Å². The van der Waals surface area contributed by atoms with Crippen molar-refractivity contribution in [3.63, 3.8) is 0 Å². The first kappa shape index (κ1) is 16.7. The van der Waals surface area contributed by atoms with Crippen molar-refractivity contribution in [3.8, 4) is 12.3 Å². The molecule has 0 saturated carbocycles. The summed E-state index contributed by atoms with van der Waals surface area (Å²) < 4.78 is 9.39. The summed E-state index contributed by atoms with van der Waals surface area (Å²) in [7, 11) is 1.45. The number of likely N-dealkylation sites (N-methyl/N-ethyl adjacent to an activating group) is 1. The molecule has 19 heavy (non-hydrogen) atoms. The minimum absolute atomic E-state index is 0.0638. The molecule has 0 atom stereocenters. The largest absolute Gasteiger partial charge is 0.462 e. The van der Waals surface area contributed by atoms with Crippen LogP contribution in [0.15, 0.2) is 11.6 Å². The Morgan fingerprint density at radius 3 is 2.00 bits per heavy atom. The molecule has 0 rings (SSSR count). The van der Waals surface area contributed by atoms with Gasteiger partial charge in [0, 0.05) is 13.1 Å². The van der Waals surface area contributed by atoms with Gasteiger partial charge in [-0.2, -0.15) is 0 Å². The normalized spacial score (nSPS) is 8.95. The molecule has 1 amide bonds. The van der Waals surface area contributed by atoms with Gasteiger partial charge < -0.3 is 14.4 Å². The molecule has 0 radical (unpaired) electrons. The number of hydrogen-bond donors (Lipinski definition) is 0. The number of esters is 2. The van der Waals surface area contributed by atoms with Gasteiger partial charge in [0.2, 0.25) is 5.91 Å². The van der Waals surface area contributed by atoms with Crippen molar-refractivity contribution in [2.45, 2.75) is 13.8 Å². The summed E-state index contributed by atoms with van der Waals surface area (Å²) in [5.74, 6) is -0.100. The molecule has 0 fully saturated rings. The Bertz CT molecular complexity index is 399. The van der Waals surface area contributed by atoms with Crippen LogP contribution in [0.4, 0.5) is 0 Å². The molecule has 0 heterocycles. The highest BCUT2D eigenvalue weighted by molar-refractivity contribution is 6.17. The van der Waals surface area contributed by atoms with Crippen molar-refractivity contribution in [3.05, 3.63) is 11.6 Å². The number of amides is 1. The maximum absolute atomic E-state index is 11.7. The molecule has 0 aromatic rings. The highest BCUT2D eigenvalue weighted by atomic mass is 16.6. The second-order valence-electron chi connectivity index (χ2n) is 3.40. The van der Waals surface area contributed by atoms with Gasteiger partial charge in [-0.05, 0) is 13.8 Å². The summed E-state index contributed by atoms with van der Waals surface area (Å²) in [6.45, 7) is 3.42. The van der Waals surface area contributed by atoms with Crippen LogP contribution in [-0.2, 0) is 23.9 Å². The fourth-order valence-electron chi connectivity index (χ4n) is 1.07. The standard InChI is InChI=1S/C13H17NO5/c1-5-8-14(4)11(15)9-10(12(16)18-6-2)13(17)19-7-3/h1,9H,6-8H2,2-4H3. The molecule has 0 aromatic heterocycles. The second-order valence-corrected chi connectivity index (χ2v) is 3.40. The van der Waals surface area contributed by atoms with E-state index in [1.165, 1.54) is 11.9 Å². The Balaban J connectivity index is 5.12. The van der Waals surface area contributed by atoms with Crippen LogP contribution in [0.3, 0.4) is 0 Å². The van der Waals surface area contributed by atoms with E-state index in [4.69, 9.17) is 15.9 Å². The number of rotatable bonds is 6. The van der Waals surface area contributed by atoms with E-state index in [0.29, 0.717) is 0 Å². The molecule has 0 aliphatic carbocycles. The topological polar surface area (TPSA) is 72.9 Å². The molecule has 6 heteroatoms. The zero-order valence-corrected chi connectivity index (χ0v) is 11.3. The van der Waals surface area contributed by atoms with E-state index < -0.39 is 23.4 Å². The summed E-state index contributed by atoms with van der Waals surface area (Å²) in [6, 6.07) is 0. The first-order valence-electron chi connectivity index (χ1n) is 5.72. The Labute approximate surface area is 112 Å². The van der Waals surface area contributed by atoms with Crippen molar-refractivity contribution >= 4 is 17.8 Å². The fraction of sp³-hybridized carbons (Fsp3) is 0.462. The molecular formula is C13H17NO5. The smallest absolute Gasteiger partial charge is 0.345 e. The Kier molecular flexibility index (Phi) is 7.70. The van der Waals surface area contributed by atoms with Crippen LogP contribution in [0, 0.1) is 12.3 Å². The minimum atomic E-state index is -0.900. The van der Waals surface area contributed by atoms with E-state index in [1.54, 1.807) is 13.8 Å². The number of hydrogen-bond acceptors (Lipinski definition) is 5. The van der Waals surface area contributed by atoms with Gasteiger partial charge in [0.15, 0.2) is 0 Å². The molecule has 0 bridgehead atoms. The lowest BCUT2D eigenvalue weighted by Crippen LogP contribution is -2.28. The van der Waals surface area contributed by atoms with Gasteiger partial charge in [0.25, 0.3) is 0 Å². The summed E-state index contributed by atoms with van der Waals surface area (Å²) in [5, 5.41) is 0. The predicted octanol–water partition coefficient (Wildman–Crippen LogP) is 0.131. The van der Waals surface area contributed by atoms with Gasteiger partial charge in [-0.15, -0.1) is 6.42 Å². The van der Waals surface area contributed by atoms with Crippen LogP contribution in [0.5, 0.6) is 0 Å². The van der Waals surface area contributed by atoms with Gasteiger partial charge in [-0.25, -0.2) is 9.59 Å². The Morgan fingerprint density at radius 1 is 1.16 bits per heavy atom. The summed E-state index contributed by atoms with van der Waals surface area (Å²) in [6.07, 6.45) is 5.93. The Morgan fingerprint density at radius 2 is 1.63 bits per heavy atom. The average molecular weight is 267 g/mol. The summed E-state index contributed by atoms with van der Waals surface area (Å²) in [5.41, 5.74) is -0.447. The number of terminal acetylenes is 1. The van der Waals surface area contributed by atoms with Gasteiger partial charge in [0.1, 0.15) is 5.57 Å². The van der Waals surface area contributed by atoms with Crippen molar-refractivity contribution in [2.75, 3.05) is 26.8 Å².